The van der Waals surface area contributed by atoms with Crippen molar-refractivity contribution in [2.45, 2.75) is 24.9 Å². The third-order valence-electron chi connectivity index (χ3n) is 6.09. The van der Waals surface area contributed by atoms with Crippen LogP contribution in [0.1, 0.15) is 24.1 Å². The van der Waals surface area contributed by atoms with Gasteiger partial charge in [-0.05, 0) is 30.7 Å². The van der Waals surface area contributed by atoms with Crippen LogP contribution in [-0.4, -0.2) is 78.5 Å². The molecule has 1 aromatic carbocycles. The van der Waals surface area contributed by atoms with Crippen LogP contribution in [0.4, 0.5) is 10.1 Å². The minimum absolute atomic E-state index is 0.178. The molecule has 1 aromatic heterocycles. The summed E-state index contributed by atoms with van der Waals surface area (Å²) in [5.41, 5.74) is 1.11. The topological polar surface area (TPSA) is 57.9 Å². The Morgan fingerprint density at radius 2 is 1.86 bits per heavy atom. The van der Waals surface area contributed by atoms with E-state index in [1.165, 1.54) is 12.1 Å². The van der Waals surface area contributed by atoms with Crippen LogP contribution >= 0.6 is 0 Å². The van der Waals surface area contributed by atoms with Crippen molar-refractivity contribution < 1.29 is 13.7 Å². The normalized spacial score (nSPS) is 24.6. The van der Waals surface area contributed by atoms with Crippen LogP contribution in [-0.2, 0) is 11.3 Å². The number of nitrogens with zero attached hydrogens (tertiary/aromatic N) is 5. The average Bonchev–Trinajstić information content (AvgIpc) is 3.37. The van der Waals surface area contributed by atoms with E-state index in [9.17, 15) is 4.39 Å². The molecule has 0 bridgehead atoms. The van der Waals surface area contributed by atoms with Crippen LogP contribution < -0.4 is 4.90 Å². The number of piperazine rings is 1. The summed E-state index contributed by atoms with van der Waals surface area (Å²) >= 11 is 0. The smallest absolute Gasteiger partial charge is 0.232 e. The van der Waals surface area contributed by atoms with E-state index in [1.54, 1.807) is 0 Å². The van der Waals surface area contributed by atoms with Gasteiger partial charge in [-0.25, -0.2) is 4.39 Å². The number of hydrogen-bond acceptors (Lipinski definition) is 7. The Kier molecular flexibility index (Phi) is 5.00. The van der Waals surface area contributed by atoms with Gasteiger partial charge in [0.15, 0.2) is 5.82 Å². The van der Waals surface area contributed by atoms with Gasteiger partial charge in [-0.3, -0.25) is 9.80 Å². The average molecular weight is 387 g/mol. The minimum Gasteiger partial charge on any atom is -0.381 e. The van der Waals surface area contributed by atoms with Crippen LogP contribution in [0.2, 0.25) is 0 Å². The molecular formula is C20H26FN5O2. The monoisotopic (exact) mass is 387 g/mol. The molecule has 0 N–H and O–H groups in total. The molecule has 28 heavy (non-hydrogen) atoms. The fourth-order valence-corrected chi connectivity index (χ4v) is 4.33. The molecule has 4 heterocycles. The number of benzene rings is 1. The number of rotatable bonds is 5. The van der Waals surface area contributed by atoms with Crippen molar-refractivity contribution >= 4 is 5.69 Å². The van der Waals surface area contributed by atoms with Gasteiger partial charge in [-0.15, -0.1) is 0 Å². The molecule has 1 atom stereocenters. The molecule has 5 rings (SSSR count). The zero-order valence-corrected chi connectivity index (χ0v) is 16.0. The summed E-state index contributed by atoms with van der Waals surface area (Å²) < 4.78 is 23.9. The van der Waals surface area contributed by atoms with Crippen LogP contribution in [0.3, 0.4) is 0 Å². The molecule has 8 heteroatoms. The maximum atomic E-state index is 13.1. The third-order valence-corrected chi connectivity index (χ3v) is 6.09. The van der Waals surface area contributed by atoms with Crippen molar-refractivity contribution in [1.29, 1.82) is 0 Å². The van der Waals surface area contributed by atoms with Crippen molar-refractivity contribution in [2.24, 2.45) is 0 Å². The second-order valence-electron chi connectivity index (χ2n) is 7.96. The van der Waals surface area contributed by atoms with Crippen LogP contribution in [0.15, 0.2) is 28.8 Å². The first-order chi connectivity index (χ1) is 13.7. The van der Waals surface area contributed by atoms with E-state index >= 15 is 0 Å². The van der Waals surface area contributed by atoms with Gasteiger partial charge in [-0.2, -0.15) is 4.98 Å². The summed E-state index contributed by atoms with van der Waals surface area (Å²) in [7, 11) is 0. The summed E-state index contributed by atoms with van der Waals surface area (Å²) in [6.07, 6.45) is 0.970. The van der Waals surface area contributed by atoms with E-state index in [4.69, 9.17) is 9.26 Å². The quantitative estimate of drug-likeness (QED) is 0.774. The van der Waals surface area contributed by atoms with E-state index in [-0.39, 0.29) is 11.7 Å². The lowest BCUT2D eigenvalue weighted by molar-refractivity contribution is 0.0237. The first kappa shape index (κ1) is 18.0. The van der Waals surface area contributed by atoms with E-state index in [0.29, 0.717) is 12.6 Å². The maximum Gasteiger partial charge on any atom is 0.232 e. The van der Waals surface area contributed by atoms with Gasteiger partial charge >= 0.3 is 0 Å². The number of hydrogen-bond donors (Lipinski definition) is 0. The SMILES string of the molecule is Fc1ccc(N2CCN(C3CN(Cc4noc(C5CCOC5)n4)C3)CC2)cc1. The number of aromatic nitrogens is 2. The molecule has 0 spiro atoms. The van der Waals surface area contributed by atoms with Gasteiger partial charge in [0, 0.05) is 57.6 Å². The number of anilines is 1. The maximum absolute atomic E-state index is 13.1. The van der Waals surface area contributed by atoms with Gasteiger partial charge in [-0.1, -0.05) is 5.16 Å². The third kappa shape index (κ3) is 3.76. The first-order valence-corrected chi connectivity index (χ1v) is 10.1. The van der Waals surface area contributed by atoms with Gasteiger partial charge in [0.2, 0.25) is 5.89 Å². The molecule has 1 unspecified atom stereocenters. The number of likely N-dealkylation sites (tertiary alicyclic amines) is 1. The zero-order valence-electron chi connectivity index (χ0n) is 16.0. The Hall–Kier alpha value is -2.03. The van der Waals surface area contributed by atoms with E-state index in [2.05, 4.69) is 24.8 Å². The predicted octanol–water partition coefficient (Wildman–Crippen LogP) is 1.72. The van der Waals surface area contributed by atoms with Gasteiger partial charge in [0.25, 0.3) is 0 Å². The molecule has 150 valence electrons. The summed E-state index contributed by atoms with van der Waals surface area (Å²) in [4.78, 5) is 11.8. The van der Waals surface area contributed by atoms with Crippen molar-refractivity contribution in [2.75, 3.05) is 57.4 Å². The van der Waals surface area contributed by atoms with E-state index in [1.807, 2.05) is 12.1 Å². The number of ether oxygens (including phenoxy) is 1. The zero-order chi connectivity index (χ0) is 18.9. The second kappa shape index (κ2) is 7.77. The molecule has 3 aliphatic rings. The van der Waals surface area contributed by atoms with Gasteiger partial charge in [0.1, 0.15) is 5.82 Å². The lowest BCUT2D eigenvalue weighted by atomic mass is 10.1. The molecule has 7 nitrogen and oxygen atoms in total. The highest BCUT2D eigenvalue weighted by Gasteiger charge is 2.34. The predicted molar refractivity (Wildman–Crippen MR) is 102 cm³/mol. The fraction of sp³-hybridized carbons (Fsp3) is 0.600. The summed E-state index contributed by atoms with van der Waals surface area (Å²) in [6.45, 7) is 8.39. The van der Waals surface area contributed by atoms with Crippen LogP contribution in [0.25, 0.3) is 0 Å². The van der Waals surface area contributed by atoms with E-state index < -0.39 is 0 Å². The van der Waals surface area contributed by atoms with Crippen molar-refractivity contribution in [3.63, 3.8) is 0 Å². The van der Waals surface area contributed by atoms with Gasteiger partial charge < -0.3 is 14.2 Å². The second-order valence-corrected chi connectivity index (χ2v) is 7.96. The highest BCUT2D eigenvalue weighted by atomic mass is 19.1. The fourth-order valence-electron chi connectivity index (χ4n) is 4.33. The Morgan fingerprint density at radius 3 is 2.57 bits per heavy atom. The lowest BCUT2D eigenvalue weighted by Gasteiger charge is -2.48. The molecule has 0 saturated carbocycles. The van der Waals surface area contributed by atoms with Crippen LogP contribution in [0, 0.1) is 5.82 Å². The first-order valence-electron chi connectivity index (χ1n) is 10.1. The van der Waals surface area contributed by atoms with Gasteiger partial charge in [0.05, 0.1) is 19.1 Å². The Balaban J connectivity index is 1.07. The molecule has 2 aromatic rings. The summed E-state index contributed by atoms with van der Waals surface area (Å²) in [5.74, 6) is 1.59. The molecule has 3 fully saturated rings. The highest BCUT2D eigenvalue weighted by Crippen LogP contribution is 2.25. The lowest BCUT2D eigenvalue weighted by Crippen LogP contribution is -2.62. The van der Waals surface area contributed by atoms with Crippen molar-refractivity contribution in [3.8, 4) is 0 Å². The molecule has 3 saturated heterocycles. The summed E-state index contributed by atoms with van der Waals surface area (Å²) in [5, 5.41) is 4.14. The molecular weight excluding hydrogens is 361 g/mol. The Morgan fingerprint density at radius 1 is 1.07 bits per heavy atom. The molecule has 0 aliphatic carbocycles. The Labute approximate surface area is 164 Å². The number of halogens is 1. The minimum atomic E-state index is -0.178. The standard InChI is InChI=1S/C20H26FN5O2/c21-16-1-3-17(4-2-16)25-6-8-26(9-7-25)18-11-24(12-18)13-19-22-20(28-23-19)15-5-10-27-14-15/h1-4,15,18H,5-14H2. The van der Waals surface area contributed by atoms with Crippen molar-refractivity contribution in [3.05, 3.63) is 41.8 Å². The van der Waals surface area contributed by atoms with E-state index in [0.717, 1.165) is 76.2 Å². The summed E-state index contributed by atoms with van der Waals surface area (Å²) in [6, 6.07) is 7.41. The highest BCUT2D eigenvalue weighted by molar-refractivity contribution is 5.46. The molecule has 0 amide bonds. The largest absolute Gasteiger partial charge is 0.381 e. The molecule has 3 aliphatic heterocycles. The Bertz CT molecular complexity index is 778. The van der Waals surface area contributed by atoms with Crippen LogP contribution in [0.5, 0.6) is 0 Å². The van der Waals surface area contributed by atoms with Crippen molar-refractivity contribution in [1.82, 2.24) is 19.9 Å². The molecule has 0 radical (unpaired) electrons.